The van der Waals surface area contributed by atoms with E-state index in [1.807, 2.05) is 0 Å². The number of carbonyl (C=O) groups excluding carboxylic acids is 1. The third-order valence-electron chi connectivity index (χ3n) is 3.12. The van der Waals surface area contributed by atoms with Crippen LogP contribution in [0.3, 0.4) is 0 Å². The second kappa shape index (κ2) is 5.84. The standard InChI is InChI=1S/C11H20N2O3/c12-8-5-9(14)13-11(10(15)16)6-3-1-2-4-7-11/h1-8,12H2,(H,13,14)(H,15,16). The van der Waals surface area contributed by atoms with Crippen molar-refractivity contribution >= 4 is 11.9 Å². The van der Waals surface area contributed by atoms with Gasteiger partial charge in [-0.2, -0.15) is 0 Å². The number of carboxylic acids is 1. The molecule has 1 rings (SSSR count). The molecular weight excluding hydrogens is 208 g/mol. The summed E-state index contributed by atoms with van der Waals surface area (Å²) in [5.74, 6) is -1.17. The lowest BCUT2D eigenvalue weighted by Gasteiger charge is -2.29. The van der Waals surface area contributed by atoms with E-state index in [0.29, 0.717) is 12.8 Å². The van der Waals surface area contributed by atoms with E-state index in [4.69, 9.17) is 5.73 Å². The highest BCUT2D eigenvalue weighted by molar-refractivity contribution is 5.87. The van der Waals surface area contributed by atoms with Gasteiger partial charge in [-0.25, -0.2) is 4.79 Å². The Labute approximate surface area is 95.4 Å². The number of carbonyl (C=O) groups is 2. The van der Waals surface area contributed by atoms with E-state index in [1.54, 1.807) is 0 Å². The molecule has 92 valence electrons. The summed E-state index contributed by atoms with van der Waals surface area (Å²) in [6, 6.07) is 0. The number of nitrogens with two attached hydrogens (primary N) is 1. The Kier molecular flexibility index (Phi) is 4.73. The lowest BCUT2D eigenvalue weighted by atomic mass is 9.90. The zero-order valence-corrected chi connectivity index (χ0v) is 9.50. The molecule has 0 bridgehead atoms. The topological polar surface area (TPSA) is 92.4 Å². The van der Waals surface area contributed by atoms with Crippen molar-refractivity contribution in [2.75, 3.05) is 6.54 Å². The molecule has 0 radical (unpaired) electrons. The molecule has 0 aromatic carbocycles. The summed E-state index contributed by atoms with van der Waals surface area (Å²) >= 11 is 0. The van der Waals surface area contributed by atoms with Crippen LogP contribution in [0.1, 0.15) is 44.9 Å². The van der Waals surface area contributed by atoms with Crippen LogP contribution in [0.5, 0.6) is 0 Å². The minimum absolute atomic E-state index is 0.190. The van der Waals surface area contributed by atoms with Crippen LogP contribution in [0.25, 0.3) is 0 Å². The van der Waals surface area contributed by atoms with Crippen molar-refractivity contribution in [1.29, 1.82) is 0 Å². The van der Waals surface area contributed by atoms with E-state index in [1.165, 1.54) is 0 Å². The lowest BCUT2D eigenvalue weighted by molar-refractivity contribution is -0.148. The molecule has 0 unspecified atom stereocenters. The van der Waals surface area contributed by atoms with E-state index < -0.39 is 11.5 Å². The molecule has 5 nitrogen and oxygen atoms in total. The van der Waals surface area contributed by atoms with Crippen molar-refractivity contribution in [3.05, 3.63) is 0 Å². The fraction of sp³-hybridized carbons (Fsp3) is 0.818. The maximum Gasteiger partial charge on any atom is 0.329 e. The highest BCUT2D eigenvalue weighted by atomic mass is 16.4. The SMILES string of the molecule is NCCC(=O)NC1(C(=O)O)CCCCCC1. The monoisotopic (exact) mass is 228 g/mol. The van der Waals surface area contributed by atoms with E-state index in [9.17, 15) is 14.7 Å². The van der Waals surface area contributed by atoms with Gasteiger partial charge in [-0.3, -0.25) is 4.79 Å². The Morgan fingerprint density at radius 2 is 1.75 bits per heavy atom. The van der Waals surface area contributed by atoms with Crippen LogP contribution in [0.2, 0.25) is 0 Å². The van der Waals surface area contributed by atoms with Gasteiger partial charge in [0, 0.05) is 13.0 Å². The van der Waals surface area contributed by atoms with Gasteiger partial charge in [-0.05, 0) is 12.8 Å². The normalized spacial score (nSPS) is 19.8. The average Bonchev–Trinajstić information content (AvgIpc) is 2.44. The fourth-order valence-electron chi connectivity index (χ4n) is 2.18. The van der Waals surface area contributed by atoms with Crippen molar-refractivity contribution in [3.63, 3.8) is 0 Å². The summed E-state index contributed by atoms with van der Waals surface area (Å²) in [6.45, 7) is 0.252. The van der Waals surface area contributed by atoms with Crippen LogP contribution in [-0.4, -0.2) is 29.1 Å². The first-order valence-electron chi connectivity index (χ1n) is 5.85. The second-order valence-electron chi connectivity index (χ2n) is 4.39. The van der Waals surface area contributed by atoms with Gasteiger partial charge >= 0.3 is 5.97 Å². The molecule has 0 aromatic rings. The summed E-state index contributed by atoms with van der Waals surface area (Å²) < 4.78 is 0. The van der Waals surface area contributed by atoms with E-state index >= 15 is 0 Å². The van der Waals surface area contributed by atoms with Gasteiger partial charge in [0.25, 0.3) is 0 Å². The number of rotatable bonds is 4. The fourth-order valence-corrected chi connectivity index (χ4v) is 2.18. The largest absolute Gasteiger partial charge is 0.480 e. The van der Waals surface area contributed by atoms with E-state index in [2.05, 4.69) is 5.32 Å². The summed E-state index contributed by atoms with van der Waals surface area (Å²) in [5, 5.41) is 11.9. The number of aliphatic carboxylic acids is 1. The predicted octanol–water partition coefficient (Wildman–Crippen LogP) is 0.629. The summed E-state index contributed by atoms with van der Waals surface area (Å²) in [4.78, 5) is 22.8. The smallest absolute Gasteiger partial charge is 0.329 e. The molecule has 4 N–H and O–H groups in total. The minimum atomic E-state index is -1.05. The number of amides is 1. The number of hydrogen-bond donors (Lipinski definition) is 3. The maximum atomic E-state index is 11.5. The molecule has 1 fully saturated rings. The molecule has 0 aromatic heterocycles. The maximum absolute atomic E-state index is 11.5. The van der Waals surface area contributed by atoms with Gasteiger partial charge in [-0.15, -0.1) is 0 Å². The first-order chi connectivity index (χ1) is 7.60. The predicted molar refractivity (Wildman–Crippen MR) is 59.9 cm³/mol. The Balaban J connectivity index is 2.70. The molecule has 16 heavy (non-hydrogen) atoms. The van der Waals surface area contributed by atoms with Crippen LogP contribution >= 0.6 is 0 Å². The van der Waals surface area contributed by atoms with Crippen LogP contribution < -0.4 is 11.1 Å². The third kappa shape index (κ3) is 3.20. The molecule has 0 atom stereocenters. The van der Waals surface area contributed by atoms with Crippen LogP contribution in [0.4, 0.5) is 0 Å². The summed E-state index contributed by atoms with van der Waals surface area (Å²) in [6.07, 6.45) is 5.04. The van der Waals surface area contributed by atoms with Gasteiger partial charge in [0.15, 0.2) is 0 Å². The number of hydrogen-bond acceptors (Lipinski definition) is 3. The van der Waals surface area contributed by atoms with Crippen molar-refractivity contribution in [1.82, 2.24) is 5.32 Å². The zero-order valence-electron chi connectivity index (χ0n) is 9.50. The molecule has 0 saturated heterocycles. The Hall–Kier alpha value is -1.10. The molecule has 1 saturated carbocycles. The van der Waals surface area contributed by atoms with Gasteiger partial charge in [0.2, 0.25) is 5.91 Å². The van der Waals surface area contributed by atoms with Crippen molar-refractivity contribution in [3.8, 4) is 0 Å². The van der Waals surface area contributed by atoms with E-state index in [0.717, 1.165) is 25.7 Å². The van der Waals surface area contributed by atoms with Gasteiger partial charge in [-0.1, -0.05) is 25.7 Å². The first-order valence-corrected chi connectivity index (χ1v) is 5.85. The first kappa shape index (κ1) is 13.0. The Morgan fingerprint density at radius 3 is 2.19 bits per heavy atom. The highest BCUT2D eigenvalue weighted by Gasteiger charge is 2.39. The molecule has 5 heteroatoms. The third-order valence-corrected chi connectivity index (χ3v) is 3.12. The Bertz CT molecular complexity index is 258. The van der Waals surface area contributed by atoms with Crippen LogP contribution in [-0.2, 0) is 9.59 Å². The highest BCUT2D eigenvalue weighted by Crippen LogP contribution is 2.27. The quantitative estimate of drug-likeness (QED) is 0.615. The zero-order chi connectivity index (χ0) is 12.0. The van der Waals surface area contributed by atoms with Crippen molar-refractivity contribution in [2.45, 2.75) is 50.5 Å². The van der Waals surface area contributed by atoms with Gasteiger partial charge < -0.3 is 16.2 Å². The lowest BCUT2D eigenvalue weighted by Crippen LogP contribution is -2.54. The molecule has 0 heterocycles. The minimum Gasteiger partial charge on any atom is -0.480 e. The van der Waals surface area contributed by atoms with Gasteiger partial charge in [0.05, 0.1) is 0 Å². The molecule has 1 amide bonds. The second-order valence-corrected chi connectivity index (χ2v) is 4.39. The molecular formula is C11H20N2O3. The van der Waals surface area contributed by atoms with Crippen molar-refractivity contribution in [2.24, 2.45) is 5.73 Å². The van der Waals surface area contributed by atoms with Crippen molar-refractivity contribution < 1.29 is 14.7 Å². The molecule has 1 aliphatic rings. The summed E-state index contributed by atoms with van der Waals surface area (Å²) in [5.41, 5.74) is 4.22. The number of carboxylic acid groups (broad SMARTS) is 1. The summed E-state index contributed by atoms with van der Waals surface area (Å²) in [7, 11) is 0. The molecule has 1 aliphatic carbocycles. The van der Waals surface area contributed by atoms with E-state index in [-0.39, 0.29) is 18.9 Å². The molecule has 0 aliphatic heterocycles. The molecule has 0 spiro atoms. The Morgan fingerprint density at radius 1 is 1.19 bits per heavy atom. The number of nitrogens with one attached hydrogen (secondary N) is 1. The van der Waals surface area contributed by atoms with Gasteiger partial charge in [0.1, 0.15) is 5.54 Å². The average molecular weight is 228 g/mol. The van der Waals surface area contributed by atoms with Crippen LogP contribution in [0.15, 0.2) is 0 Å². The van der Waals surface area contributed by atoms with Crippen LogP contribution in [0, 0.1) is 0 Å².